The van der Waals surface area contributed by atoms with Crippen molar-refractivity contribution < 1.29 is 18.0 Å². The molecule has 0 heterocycles. The summed E-state index contributed by atoms with van der Waals surface area (Å²) < 4.78 is 29.3. The standard InChI is InChI=1S/C35H36Cl3N3O4S/c1-24-18-19-26(21-31(24)38)41(46(44,45)27-14-9-6-10-15-27)23-33(42)40(22-28-29(36)16-11-17-30(28)37)32(34(43)39-35(2,3)4)20-25-12-7-5-8-13-25/h5-19,21,32H,20,22-23H2,1-4H3,(H,39,43). The van der Waals surface area contributed by atoms with Crippen molar-refractivity contribution in [3.05, 3.63) is 129 Å². The smallest absolute Gasteiger partial charge is 0.264 e. The molecule has 4 rings (SSSR count). The lowest BCUT2D eigenvalue weighted by Gasteiger charge is -2.35. The van der Waals surface area contributed by atoms with Crippen LogP contribution in [0, 0.1) is 6.92 Å². The Morgan fingerprint density at radius 1 is 0.804 bits per heavy atom. The lowest BCUT2D eigenvalue weighted by Crippen LogP contribution is -2.56. The molecular weight excluding hydrogens is 665 g/mol. The molecule has 242 valence electrons. The molecule has 7 nitrogen and oxygen atoms in total. The highest BCUT2D eigenvalue weighted by Gasteiger charge is 2.36. The average Bonchev–Trinajstić information content (AvgIpc) is 3.00. The summed E-state index contributed by atoms with van der Waals surface area (Å²) in [5.41, 5.74) is 1.55. The van der Waals surface area contributed by atoms with E-state index in [2.05, 4.69) is 5.32 Å². The molecule has 11 heteroatoms. The van der Waals surface area contributed by atoms with Crippen LogP contribution in [0.5, 0.6) is 0 Å². The van der Waals surface area contributed by atoms with Gasteiger partial charge in [-0.1, -0.05) is 95.5 Å². The van der Waals surface area contributed by atoms with E-state index >= 15 is 0 Å². The molecule has 4 aromatic carbocycles. The Kier molecular flexibility index (Phi) is 11.4. The summed E-state index contributed by atoms with van der Waals surface area (Å²) in [4.78, 5) is 30.0. The summed E-state index contributed by atoms with van der Waals surface area (Å²) in [6, 6.07) is 25.8. The Labute approximate surface area is 286 Å². The number of carbonyl (C=O) groups is 2. The number of nitrogens with one attached hydrogen (secondary N) is 1. The highest BCUT2D eigenvalue weighted by atomic mass is 35.5. The minimum Gasteiger partial charge on any atom is -0.350 e. The summed E-state index contributed by atoms with van der Waals surface area (Å²) in [6.45, 7) is 6.54. The first-order chi connectivity index (χ1) is 21.7. The van der Waals surface area contributed by atoms with Crippen molar-refractivity contribution in [3.8, 4) is 0 Å². The van der Waals surface area contributed by atoms with E-state index in [0.29, 0.717) is 20.6 Å². The number of rotatable bonds is 11. The maximum absolute atomic E-state index is 14.6. The van der Waals surface area contributed by atoms with Gasteiger partial charge in [-0.05, 0) is 75.2 Å². The Bertz CT molecular complexity index is 1780. The van der Waals surface area contributed by atoms with Crippen LogP contribution in [0.25, 0.3) is 0 Å². The van der Waals surface area contributed by atoms with E-state index in [9.17, 15) is 18.0 Å². The number of halogens is 3. The number of nitrogens with zero attached hydrogens (tertiary/aromatic N) is 2. The molecule has 1 atom stereocenters. The number of hydrogen-bond acceptors (Lipinski definition) is 4. The van der Waals surface area contributed by atoms with Crippen molar-refractivity contribution in [1.29, 1.82) is 0 Å². The molecule has 0 aliphatic rings. The Morgan fingerprint density at radius 3 is 1.96 bits per heavy atom. The third-order valence-electron chi connectivity index (χ3n) is 7.21. The first-order valence-electron chi connectivity index (χ1n) is 14.6. The zero-order chi connectivity index (χ0) is 33.6. The van der Waals surface area contributed by atoms with Gasteiger partial charge in [0.25, 0.3) is 10.0 Å². The van der Waals surface area contributed by atoms with Gasteiger partial charge in [0, 0.05) is 39.1 Å². The van der Waals surface area contributed by atoms with Crippen LogP contribution in [-0.2, 0) is 32.6 Å². The number of benzene rings is 4. The minimum absolute atomic E-state index is 0.00786. The summed E-state index contributed by atoms with van der Waals surface area (Å²) >= 11 is 19.6. The van der Waals surface area contributed by atoms with Gasteiger partial charge in [-0.25, -0.2) is 8.42 Å². The van der Waals surface area contributed by atoms with Gasteiger partial charge >= 0.3 is 0 Å². The van der Waals surface area contributed by atoms with Gasteiger partial charge in [0.2, 0.25) is 11.8 Å². The number of amides is 2. The SMILES string of the molecule is Cc1ccc(N(CC(=O)N(Cc2c(Cl)cccc2Cl)C(Cc2ccccc2)C(=O)NC(C)(C)C)S(=O)(=O)c2ccccc2)cc1Cl. The minimum atomic E-state index is -4.26. The molecule has 0 bridgehead atoms. The second kappa shape index (κ2) is 14.9. The van der Waals surface area contributed by atoms with Gasteiger partial charge < -0.3 is 10.2 Å². The van der Waals surface area contributed by atoms with E-state index in [-0.39, 0.29) is 23.5 Å². The molecule has 0 saturated heterocycles. The fourth-order valence-electron chi connectivity index (χ4n) is 4.85. The summed E-state index contributed by atoms with van der Waals surface area (Å²) in [5, 5.41) is 3.94. The lowest BCUT2D eigenvalue weighted by molar-refractivity contribution is -0.140. The fourth-order valence-corrected chi connectivity index (χ4v) is 6.96. The Morgan fingerprint density at radius 2 is 1.39 bits per heavy atom. The summed E-state index contributed by atoms with van der Waals surface area (Å²) in [7, 11) is -4.26. The van der Waals surface area contributed by atoms with Crippen LogP contribution in [0.1, 0.15) is 37.5 Å². The van der Waals surface area contributed by atoms with Crippen LogP contribution in [-0.4, -0.2) is 43.3 Å². The molecule has 0 aliphatic carbocycles. The van der Waals surface area contributed by atoms with Crippen LogP contribution >= 0.6 is 34.8 Å². The highest BCUT2D eigenvalue weighted by molar-refractivity contribution is 7.92. The van der Waals surface area contributed by atoms with Gasteiger partial charge in [-0.2, -0.15) is 0 Å². The van der Waals surface area contributed by atoms with E-state index in [4.69, 9.17) is 34.8 Å². The largest absolute Gasteiger partial charge is 0.350 e. The second-order valence-corrected chi connectivity index (χ2v) is 15.0. The summed E-state index contributed by atoms with van der Waals surface area (Å²) in [6.07, 6.45) is 0.151. The molecule has 0 fully saturated rings. The van der Waals surface area contributed by atoms with Crippen LogP contribution in [0.2, 0.25) is 15.1 Å². The lowest BCUT2D eigenvalue weighted by atomic mass is 10.0. The van der Waals surface area contributed by atoms with Gasteiger partial charge in [0.1, 0.15) is 12.6 Å². The van der Waals surface area contributed by atoms with Crippen molar-refractivity contribution in [2.45, 2.75) is 57.1 Å². The Balaban J connectivity index is 1.86. The molecule has 0 radical (unpaired) electrons. The normalized spacial score (nSPS) is 12.3. The maximum atomic E-state index is 14.6. The molecule has 0 spiro atoms. The average molecular weight is 701 g/mol. The predicted octanol–water partition coefficient (Wildman–Crippen LogP) is 7.71. The van der Waals surface area contributed by atoms with E-state index < -0.39 is 40.0 Å². The third kappa shape index (κ3) is 8.82. The number of hydrogen-bond donors (Lipinski definition) is 1. The maximum Gasteiger partial charge on any atom is 0.264 e. The van der Waals surface area contributed by atoms with Crippen LogP contribution in [0.3, 0.4) is 0 Å². The number of sulfonamides is 1. The van der Waals surface area contributed by atoms with Crippen molar-refractivity contribution in [1.82, 2.24) is 10.2 Å². The first kappa shape index (κ1) is 35.3. The first-order valence-corrected chi connectivity index (χ1v) is 17.2. The van der Waals surface area contributed by atoms with Gasteiger partial charge in [-0.3, -0.25) is 13.9 Å². The van der Waals surface area contributed by atoms with Gasteiger partial charge in [0.05, 0.1) is 10.6 Å². The van der Waals surface area contributed by atoms with E-state index in [1.54, 1.807) is 55.5 Å². The second-order valence-electron chi connectivity index (χ2n) is 11.9. The van der Waals surface area contributed by atoms with Crippen LogP contribution < -0.4 is 9.62 Å². The quantitative estimate of drug-likeness (QED) is 0.174. The van der Waals surface area contributed by atoms with Gasteiger partial charge in [0.15, 0.2) is 0 Å². The third-order valence-corrected chi connectivity index (χ3v) is 10.1. The Hall–Kier alpha value is -3.56. The van der Waals surface area contributed by atoms with Crippen LogP contribution in [0.4, 0.5) is 5.69 Å². The zero-order valence-corrected chi connectivity index (χ0v) is 29.1. The van der Waals surface area contributed by atoms with Crippen molar-refractivity contribution in [3.63, 3.8) is 0 Å². The number of anilines is 1. The summed E-state index contributed by atoms with van der Waals surface area (Å²) in [5.74, 6) is -1.05. The topological polar surface area (TPSA) is 86.8 Å². The van der Waals surface area contributed by atoms with E-state index in [1.165, 1.54) is 23.1 Å². The molecule has 1 N–H and O–H groups in total. The molecule has 0 aromatic heterocycles. The number of carbonyl (C=O) groups excluding carboxylic acids is 2. The van der Waals surface area contributed by atoms with E-state index in [1.807, 2.05) is 51.1 Å². The highest BCUT2D eigenvalue weighted by Crippen LogP contribution is 2.30. The van der Waals surface area contributed by atoms with Crippen molar-refractivity contribution in [2.75, 3.05) is 10.8 Å². The predicted molar refractivity (Wildman–Crippen MR) is 186 cm³/mol. The van der Waals surface area contributed by atoms with Gasteiger partial charge in [-0.15, -0.1) is 0 Å². The van der Waals surface area contributed by atoms with E-state index in [0.717, 1.165) is 15.4 Å². The molecule has 46 heavy (non-hydrogen) atoms. The van der Waals surface area contributed by atoms with Crippen molar-refractivity contribution in [2.24, 2.45) is 0 Å². The molecular formula is C35H36Cl3N3O4S. The molecule has 0 aliphatic heterocycles. The molecule has 2 amide bonds. The zero-order valence-electron chi connectivity index (χ0n) is 26.0. The molecule has 1 unspecified atom stereocenters. The fraction of sp³-hybridized carbons (Fsp3) is 0.257. The van der Waals surface area contributed by atoms with Crippen molar-refractivity contribution >= 4 is 62.3 Å². The monoisotopic (exact) mass is 699 g/mol. The molecule has 0 saturated carbocycles. The molecule has 4 aromatic rings. The van der Waals surface area contributed by atoms with Crippen LogP contribution in [0.15, 0.2) is 102 Å². The number of aryl methyl sites for hydroxylation is 1.